The highest BCUT2D eigenvalue weighted by molar-refractivity contribution is 7.81. The van der Waals surface area contributed by atoms with E-state index in [0.29, 0.717) is 4.86 Å². The first kappa shape index (κ1) is 10.2. The average molecular weight is 211 g/mol. The zero-order valence-electron chi connectivity index (χ0n) is 6.81. The molecule has 0 bridgehead atoms. The normalized spacial score (nSPS) is 11.8. The third kappa shape index (κ3) is 2.84. The first-order chi connectivity index (χ1) is 6.25. The van der Waals surface area contributed by atoms with Crippen LogP contribution in [0.3, 0.4) is 0 Å². The van der Waals surface area contributed by atoms with Crippen molar-refractivity contribution in [2.45, 2.75) is 6.23 Å². The molecular weight excluding hydrogens is 202 g/mol. The molecule has 0 amide bonds. The standard InChI is InChI=1S/C9H9NOS2/c11-9(10-6-12)8(13)7-4-2-1-3-5-7/h1-6,9,11H,(H,10,12). The Labute approximate surface area is 87.6 Å². The maximum absolute atomic E-state index is 9.42. The van der Waals surface area contributed by atoms with Crippen molar-refractivity contribution in [3.8, 4) is 0 Å². The second-order valence-corrected chi connectivity index (χ2v) is 3.09. The Morgan fingerprint density at radius 2 is 2.00 bits per heavy atom. The first-order valence-electron chi connectivity index (χ1n) is 3.72. The van der Waals surface area contributed by atoms with Gasteiger partial charge < -0.3 is 10.4 Å². The SMILES string of the molecule is OC(NC=S)C(=S)c1ccccc1. The molecule has 2 nitrogen and oxygen atoms in total. The topological polar surface area (TPSA) is 32.3 Å². The fourth-order valence-corrected chi connectivity index (χ4v) is 1.23. The fraction of sp³-hybridized carbons (Fsp3) is 0.111. The van der Waals surface area contributed by atoms with Gasteiger partial charge in [0.2, 0.25) is 0 Å². The second kappa shape index (κ2) is 5.01. The lowest BCUT2D eigenvalue weighted by molar-refractivity contribution is 0.233. The Hall–Kier alpha value is -0.840. The predicted octanol–water partition coefficient (Wildman–Crippen LogP) is 1.27. The van der Waals surface area contributed by atoms with Crippen LogP contribution in [-0.2, 0) is 0 Å². The molecule has 1 unspecified atom stereocenters. The molecule has 13 heavy (non-hydrogen) atoms. The zero-order chi connectivity index (χ0) is 9.68. The molecule has 0 aliphatic carbocycles. The predicted molar refractivity (Wildman–Crippen MR) is 60.9 cm³/mol. The quantitative estimate of drug-likeness (QED) is 0.446. The largest absolute Gasteiger partial charge is 0.369 e. The van der Waals surface area contributed by atoms with E-state index in [4.69, 9.17) is 12.2 Å². The minimum Gasteiger partial charge on any atom is -0.369 e. The van der Waals surface area contributed by atoms with Crippen LogP contribution in [0.25, 0.3) is 0 Å². The van der Waals surface area contributed by atoms with E-state index in [1.807, 2.05) is 30.3 Å². The van der Waals surface area contributed by atoms with E-state index in [-0.39, 0.29) is 0 Å². The van der Waals surface area contributed by atoms with E-state index in [0.717, 1.165) is 5.56 Å². The average Bonchev–Trinajstić information content (AvgIpc) is 2.18. The maximum Gasteiger partial charge on any atom is 0.161 e. The maximum atomic E-state index is 9.42. The van der Waals surface area contributed by atoms with Crippen molar-refractivity contribution in [3.63, 3.8) is 0 Å². The third-order valence-electron chi connectivity index (χ3n) is 1.53. The molecule has 0 spiro atoms. The van der Waals surface area contributed by atoms with Gasteiger partial charge in [0, 0.05) is 0 Å². The van der Waals surface area contributed by atoms with Crippen molar-refractivity contribution in [1.82, 2.24) is 5.32 Å². The van der Waals surface area contributed by atoms with Gasteiger partial charge in [-0.15, -0.1) is 0 Å². The molecule has 0 fully saturated rings. The highest BCUT2D eigenvalue weighted by Crippen LogP contribution is 2.03. The highest BCUT2D eigenvalue weighted by atomic mass is 32.1. The zero-order valence-corrected chi connectivity index (χ0v) is 8.44. The van der Waals surface area contributed by atoms with Crippen LogP contribution in [0.2, 0.25) is 0 Å². The number of rotatable bonds is 4. The Kier molecular flexibility index (Phi) is 3.95. The summed E-state index contributed by atoms with van der Waals surface area (Å²) in [6.07, 6.45) is -0.880. The molecule has 1 atom stereocenters. The Morgan fingerprint density at radius 1 is 1.38 bits per heavy atom. The van der Waals surface area contributed by atoms with E-state index in [1.165, 1.54) is 5.49 Å². The molecule has 0 heterocycles. The van der Waals surface area contributed by atoms with Crippen LogP contribution >= 0.6 is 24.4 Å². The molecule has 68 valence electrons. The van der Waals surface area contributed by atoms with E-state index in [1.54, 1.807) is 0 Å². The molecule has 4 heteroatoms. The van der Waals surface area contributed by atoms with Crippen LogP contribution in [-0.4, -0.2) is 21.7 Å². The summed E-state index contributed by atoms with van der Waals surface area (Å²) < 4.78 is 0. The minimum absolute atomic E-state index is 0.446. The van der Waals surface area contributed by atoms with Crippen LogP contribution in [0.1, 0.15) is 5.56 Å². The minimum atomic E-state index is -0.880. The van der Waals surface area contributed by atoms with Gasteiger partial charge >= 0.3 is 0 Å². The number of hydrogen-bond acceptors (Lipinski definition) is 3. The van der Waals surface area contributed by atoms with Crippen molar-refractivity contribution in [3.05, 3.63) is 35.9 Å². The molecule has 2 N–H and O–H groups in total. The van der Waals surface area contributed by atoms with Crippen LogP contribution < -0.4 is 5.32 Å². The lowest BCUT2D eigenvalue weighted by Gasteiger charge is -2.11. The Bertz CT molecular complexity index is 300. The van der Waals surface area contributed by atoms with Gasteiger partial charge in [0.15, 0.2) is 6.23 Å². The number of aliphatic hydroxyl groups excluding tert-OH is 1. The summed E-state index contributed by atoms with van der Waals surface area (Å²) in [4.78, 5) is 0.446. The lowest BCUT2D eigenvalue weighted by atomic mass is 10.1. The molecule has 0 aliphatic rings. The Balaban J connectivity index is 2.73. The van der Waals surface area contributed by atoms with Gasteiger partial charge in [-0.1, -0.05) is 54.8 Å². The molecule has 0 saturated carbocycles. The summed E-state index contributed by atoms with van der Waals surface area (Å²) in [6, 6.07) is 9.32. The van der Waals surface area contributed by atoms with Gasteiger partial charge in [-0.3, -0.25) is 0 Å². The van der Waals surface area contributed by atoms with Crippen LogP contribution in [0.4, 0.5) is 0 Å². The van der Waals surface area contributed by atoms with Crippen LogP contribution in [0, 0.1) is 0 Å². The summed E-state index contributed by atoms with van der Waals surface area (Å²) in [5, 5.41) is 12.0. The van der Waals surface area contributed by atoms with Crippen molar-refractivity contribution in [1.29, 1.82) is 0 Å². The van der Waals surface area contributed by atoms with E-state index < -0.39 is 6.23 Å². The van der Waals surface area contributed by atoms with Gasteiger partial charge in [-0.2, -0.15) is 0 Å². The van der Waals surface area contributed by atoms with E-state index in [2.05, 4.69) is 17.5 Å². The third-order valence-corrected chi connectivity index (χ3v) is 2.13. The molecule has 0 aromatic heterocycles. The van der Waals surface area contributed by atoms with Gasteiger partial charge in [-0.05, 0) is 5.56 Å². The van der Waals surface area contributed by atoms with Crippen molar-refractivity contribution in [2.75, 3.05) is 0 Å². The van der Waals surface area contributed by atoms with Gasteiger partial charge in [0.1, 0.15) is 0 Å². The smallest absolute Gasteiger partial charge is 0.161 e. The molecule has 0 saturated heterocycles. The van der Waals surface area contributed by atoms with E-state index >= 15 is 0 Å². The first-order valence-corrected chi connectivity index (χ1v) is 4.60. The Morgan fingerprint density at radius 3 is 2.54 bits per heavy atom. The van der Waals surface area contributed by atoms with Gasteiger partial charge in [-0.25, -0.2) is 0 Å². The lowest BCUT2D eigenvalue weighted by Crippen LogP contribution is -2.34. The number of hydrogen-bond donors (Lipinski definition) is 2. The molecule has 1 aromatic rings. The van der Waals surface area contributed by atoms with Crippen molar-refractivity contribution < 1.29 is 5.11 Å². The monoisotopic (exact) mass is 211 g/mol. The number of nitrogens with one attached hydrogen (secondary N) is 1. The molecule has 1 aromatic carbocycles. The number of aliphatic hydroxyl groups is 1. The molecular formula is C9H9NOS2. The van der Waals surface area contributed by atoms with Crippen LogP contribution in [0.15, 0.2) is 30.3 Å². The summed E-state index contributed by atoms with van der Waals surface area (Å²) in [5.74, 6) is 0. The molecule has 1 rings (SSSR count). The van der Waals surface area contributed by atoms with Gasteiger partial charge in [0.05, 0.1) is 10.4 Å². The van der Waals surface area contributed by atoms with Gasteiger partial charge in [0.25, 0.3) is 0 Å². The number of thiocarbonyl (C=S) groups is 2. The van der Waals surface area contributed by atoms with Crippen molar-refractivity contribution in [2.24, 2.45) is 0 Å². The highest BCUT2D eigenvalue weighted by Gasteiger charge is 2.09. The van der Waals surface area contributed by atoms with Crippen molar-refractivity contribution >= 4 is 34.8 Å². The summed E-state index contributed by atoms with van der Waals surface area (Å²) in [7, 11) is 0. The second-order valence-electron chi connectivity index (χ2n) is 2.42. The summed E-state index contributed by atoms with van der Waals surface area (Å²) >= 11 is 9.57. The molecule has 0 aliphatic heterocycles. The number of benzene rings is 1. The molecule has 0 radical (unpaired) electrons. The van der Waals surface area contributed by atoms with Crippen LogP contribution in [0.5, 0.6) is 0 Å². The summed E-state index contributed by atoms with van der Waals surface area (Å²) in [6.45, 7) is 0. The fourth-order valence-electron chi connectivity index (χ4n) is 0.900. The summed E-state index contributed by atoms with van der Waals surface area (Å²) in [5.41, 5.74) is 2.08. The van der Waals surface area contributed by atoms with E-state index in [9.17, 15) is 5.11 Å².